The molecule has 2 aromatic rings. The lowest BCUT2D eigenvalue weighted by atomic mass is 9.83. The maximum atomic E-state index is 12.7. The Balaban J connectivity index is 1.30. The van der Waals surface area contributed by atoms with Crippen molar-refractivity contribution in [3.05, 3.63) is 60.1 Å². The summed E-state index contributed by atoms with van der Waals surface area (Å²) < 4.78 is 5.34. The number of likely N-dealkylation sites (tertiary alicyclic amines) is 2. The van der Waals surface area contributed by atoms with Crippen LogP contribution in [0.5, 0.6) is 0 Å². The number of aryl methyl sites for hydroxylation is 1. The summed E-state index contributed by atoms with van der Waals surface area (Å²) in [5.41, 5.74) is 1.43. The van der Waals surface area contributed by atoms with Crippen LogP contribution in [-0.4, -0.2) is 47.9 Å². The first-order chi connectivity index (χ1) is 12.8. The standard InChI is InChI=1S/C22H28N2O2/c25-22(21-11-6-16-26-21)24-14-5-10-19-17-23(15-12-20(19)24)13-4-9-18-7-2-1-3-8-18/h1-3,6-8,11,16,19-20H,4-5,9-10,12-15,17H2/t19-,20+/m1/s1. The van der Waals surface area contributed by atoms with Gasteiger partial charge in [0.2, 0.25) is 0 Å². The number of carbonyl (C=O) groups excluding carboxylic acids is 1. The van der Waals surface area contributed by atoms with E-state index in [1.165, 1.54) is 18.4 Å². The SMILES string of the molecule is O=C(c1ccco1)N1CCC[C@@H]2CN(CCCc3ccccc3)CC[C@@H]21. The van der Waals surface area contributed by atoms with E-state index in [1.807, 2.05) is 0 Å². The Hall–Kier alpha value is -2.07. The number of carbonyl (C=O) groups is 1. The molecule has 0 radical (unpaired) electrons. The molecule has 2 aliphatic rings. The third-order valence-corrected chi connectivity index (χ3v) is 5.93. The molecule has 4 rings (SSSR count). The number of nitrogens with zero attached hydrogens (tertiary/aromatic N) is 2. The Morgan fingerprint density at radius 2 is 1.96 bits per heavy atom. The summed E-state index contributed by atoms with van der Waals surface area (Å²) in [6.07, 6.45) is 7.37. The lowest BCUT2D eigenvalue weighted by Gasteiger charge is -2.47. The fraction of sp³-hybridized carbons (Fsp3) is 0.500. The Labute approximate surface area is 155 Å². The number of piperidine rings is 2. The highest BCUT2D eigenvalue weighted by Crippen LogP contribution is 2.31. The fourth-order valence-corrected chi connectivity index (χ4v) is 4.63. The van der Waals surface area contributed by atoms with Crippen molar-refractivity contribution < 1.29 is 9.21 Å². The van der Waals surface area contributed by atoms with E-state index in [0.29, 0.717) is 17.7 Å². The maximum absolute atomic E-state index is 12.7. The molecule has 0 bridgehead atoms. The molecular formula is C22H28N2O2. The zero-order valence-corrected chi connectivity index (χ0v) is 15.3. The Bertz CT molecular complexity index is 698. The number of amides is 1. The monoisotopic (exact) mass is 352 g/mol. The molecule has 4 nitrogen and oxygen atoms in total. The summed E-state index contributed by atoms with van der Waals surface area (Å²) in [5, 5.41) is 0. The summed E-state index contributed by atoms with van der Waals surface area (Å²) in [7, 11) is 0. The van der Waals surface area contributed by atoms with Crippen molar-refractivity contribution in [3.63, 3.8) is 0 Å². The van der Waals surface area contributed by atoms with Crippen molar-refractivity contribution in [2.45, 2.75) is 38.1 Å². The molecule has 4 heteroatoms. The molecule has 0 saturated carbocycles. The van der Waals surface area contributed by atoms with Crippen LogP contribution >= 0.6 is 0 Å². The van der Waals surface area contributed by atoms with E-state index in [-0.39, 0.29) is 5.91 Å². The summed E-state index contributed by atoms with van der Waals surface area (Å²) in [5.74, 6) is 1.16. The number of hydrogen-bond acceptors (Lipinski definition) is 3. The molecule has 2 atom stereocenters. The van der Waals surface area contributed by atoms with E-state index in [2.05, 4.69) is 40.1 Å². The fourth-order valence-electron chi connectivity index (χ4n) is 4.63. The van der Waals surface area contributed by atoms with E-state index < -0.39 is 0 Å². The molecular weight excluding hydrogens is 324 g/mol. The van der Waals surface area contributed by atoms with Gasteiger partial charge in [-0.3, -0.25) is 4.79 Å². The van der Waals surface area contributed by atoms with Gasteiger partial charge in [-0.2, -0.15) is 0 Å². The molecule has 0 aliphatic carbocycles. The first kappa shape index (κ1) is 17.3. The zero-order chi connectivity index (χ0) is 17.8. The molecule has 2 fully saturated rings. The molecule has 0 N–H and O–H groups in total. The van der Waals surface area contributed by atoms with Crippen molar-refractivity contribution in [2.75, 3.05) is 26.2 Å². The smallest absolute Gasteiger partial charge is 0.289 e. The van der Waals surface area contributed by atoms with Crippen LogP contribution in [0.2, 0.25) is 0 Å². The van der Waals surface area contributed by atoms with Crippen LogP contribution in [0.1, 0.15) is 41.8 Å². The van der Waals surface area contributed by atoms with Gasteiger partial charge in [0.25, 0.3) is 5.91 Å². The van der Waals surface area contributed by atoms with Gasteiger partial charge < -0.3 is 14.2 Å². The van der Waals surface area contributed by atoms with Crippen LogP contribution in [0.15, 0.2) is 53.1 Å². The lowest BCUT2D eigenvalue weighted by molar-refractivity contribution is 0.0179. The van der Waals surface area contributed by atoms with E-state index in [0.717, 1.165) is 45.4 Å². The minimum atomic E-state index is 0.0715. The molecule has 0 unspecified atom stereocenters. The quantitative estimate of drug-likeness (QED) is 0.820. The van der Waals surface area contributed by atoms with Crippen LogP contribution in [0.4, 0.5) is 0 Å². The number of benzene rings is 1. The van der Waals surface area contributed by atoms with Crippen LogP contribution in [-0.2, 0) is 6.42 Å². The van der Waals surface area contributed by atoms with Crippen molar-refractivity contribution in [3.8, 4) is 0 Å². The number of fused-ring (bicyclic) bond motifs is 1. The molecule has 26 heavy (non-hydrogen) atoms. The minimum absolute atomic E-state index is 0.0715. The van der Waals surface area contributed by atoms with Gasteiger partial charge in [0.1, 0.15) is 0 Å². The molecule has 2 aliphatic heterocycles. The van der Waals surface area contributed by atoms with Crippen molar-refractivity contribution >= 4 is 5.91 Å². The Morgan fingerprint density at radius 1 is 1.08 bits per heavy atom. The maximum Gasteiger partial charge on any atom is 0.289 e. The van der Waals surface area contributed by atoms with Gasteiger partial charge in [-0.15, -0.1) is 0 Å². The first-order valence-corrected chi connectivity index (χ1v) is 9.92. The molecule has 1 aromatic heterocycles. The van der Waals surface area contributed by atoms with Crippen molar-refractivity contribution in [1.82, 2.24) is 9.80 Å². The molecule has 1 aromatic carbocycles. The van der Waals surface area contributed by atoms with Gasteiger partial charge in [-0.25, -0.2) is 0 Å². The predicted octanol–water partition coefficient (Wildman–Crippen LogP) is 3.84. The average molecular weight is 352 g/mol. The third kappa shape index (κ3) is 3.85. The van der Waals surface area contributed by atoms with Crippen LogP contribution in [0.25, 0.3) is 0 Å². The Morgan fingerprint density at radius 3 is 2.77 bits per heavy atom. The highest BCUT2D eigenvalue weighted by Gasteiger charge is 2.38. The van der Waals surface area contributed by atoms with Gasteiger partial charge in [0.15, 0.2) is 5.76 Å². The molecule has 2 saturated heterocycles. The molecule has 138 valence electrons. The van der Waals surface area contributed by atoms with E-state index >= 15 is 0 Å². The molecule has 3 heterocycles. The number of rotatable bonds is 5. The number of hydrogen-bond donors (Lipinski definition) is 0. The van der Waals surface area contributed by atoms with Crippen LogP contribution < -0.4 is 0 Å². The lowest BCUT2D eigenvalue weighted by Crippen LogP contribution is -2.55. The van der Waals surface area contributed by atoms with Crippen LogP contribution in [0.3, 0.4) is 0 Å². The van der Waals surface area contributed by atoms with Crippen LogP contribution in [0, 0.1) is 5.92 Å². The minimum Gasteiger partial charge on any atom is -0.459 e. The summed E-state index contributed by atoms with van der Waals surface area (Å²) in [4.78, 5) is 17.4. The topological polar surface area (TPSA) is 36.7 Å². The van der Waals surface area contributed by atoms with E-state index in [9.17, 15) is 4.79 Å². The van der Waals surface area contributed by atoms with E-state index in [4.69, 9.17) is 4.42 Å². The summed E-state index contributed by atoms with van der Waals surface area (Å²) in [6, 6.07) is 14.7. The third-order valence-electron chi connectivity index (χ3n) is 5.93. The van der Waals surface area contributed by atoms with Gasteiger partial charge >= 0.3 is 0 Å². The summed E-state index contributed by atoms with van der Waals surface area (Å²) in [6.45, 7) is 4.25. The Kier molecular flexibility index (Phi) is 5.40. The summed E-state index contributed by atoms with van der Waals surface area (Å²) >= 11 is 0. The average Bonchev–Trinajstić information content (AvgIpc) is 3.22. The normalized spacial score (nSPS) is 23.6. The van der Waals surface area contributed by atoms with Gasteiger partial charge in [-0.1, -0.05) is 30.3 Å². The van der Waals surface area contributed by atoms with Crippen molar-refractivity contribution in [1.29, 1.82) is 0 Å². The second-order valence-electron chi connectivity index (χ2n) is 7.62. The second kappa shape index (κ2) is 8.09. The highest BCUT2D eigenvalue weighted by molar-refractivity contribution is 5.91. The van der Waals surface area contributed by atoms with Crippen molar-refractivity contribution in [2.24, 2.45) is 5.92 Å². The zero-order valence-electron chi connectivity index (χ0n) is 15.3. The predicted molar refractivity (Wildman–Crippen MR) is 102 cm³/mol. The molecule has 1 amide bonds. The number of furan rings is 1. The van der Waals surface area contributed by atoms with Gasteiger partial charge in [0.05, 0.1) is 6.26 Å². The second-order valence-corrected chi connectivity index (χ2v) is 7.62. The molecule has 0 spiro atoms. The largest absolute Gasteiger partial charge is 0.459 e. The van der Waals surface area contributed by atoms with Gasteiger partial charge in [0, 0.05) is 25.7 Å². The first-order valence-electron chi connectivity index (χ1n) is 9.92. The van der Waals surface area contributed by atoms with E-state index in [1.54, 1.807) is 18.4 Å². The van der Waals surface area contributed by atoms with Gasteiger partial charge in [-0.05, 0) is 62.3 Å². The highest BCUT2D eigenvalue weighted by atomic mass is 16.3.